The molecule has 1 amide bonds. The molecule has 0 bridgehead atoms. The number of hydrogen-bond donors (Lipinski definition) is 1. The van der Waals surface area contributed by atoms with Gasteiger partial charge in [-0.3, -0.25) is 4.79 Å². The van der Waals surface area contributed by atoms with Gasteiger partial charge in [0.05, 0.1) is 6.42 Å². The molecule has 3 aromatic carbocycles. The van der Waals surface area contributed by atoms with E-state index in [1.807, 2.05) is 51.1 Å². The summed E-state index contributed by atoms with van der Waals surface area (Å²) in [4.78, 5) is 25.8. The van der Waals surface area contributed by atoms with E-state index in [4.69, 9.17) is 9.47 Å². The number of carbonyl (C=O) groups excluding carboxylic acids is 1. The molecule has 1 aliphatic rings. The third-order valence-electron chi connectivity index (χ3n) is 5.92. The predicted octanol–water partition coefficient (Wildman–Crippen LogP) is 5.99. The quantitative estimate of drug-likeness (QED) is 0.458. The molecule has 0 fully saturated rings. The summed E-state index contributed by atoms with van der Waals surface area (Å²) >= 11 is 0. The largest absolute Gasteiger partial charge is 0.488 e. The lowest BCUT2D eigenvalue weighted by atomic mass is 9.89. The van der Waals surface area contributed by atoms with Crippen molar-refractivity contribution in [2.24, 2.45) is 0 Å². The molecule has 1 heterocycles. The monoisotopic (exact) mass is 491 g/mol. The fraction of sp³-hybridized carbons (Fsp3) is 0.310. The van der Waals surface area contributed by atoms with Gasteiger partial charge < -0.3 is 19.5 Å². The van der Waals surface area contributed by atoms with Crippen LogP contribution >= 0.6 is 0 Å². The first-order valence-corrected chi connectivity index (χ1v) is 11.9. The van der Waals surface area contributed by atoms with Crippen molar-refractivity contribution < 1.29 is 28.6 Å². The van der Waals surface area contributed by atoms with Crippen LogP contribution in [0.5, 0.6) is 5.75 Å². The zero-order valence-corrected chi connectivity index (χ0v) is 20.7. The van der Waals surface area contributed by atoms with Crippen LogP contribution < -0.4 is 4.74 Å². The molecule has 0 saturated carbocycles. The van der Waals surface area contributed by atoms with E-state index in [9.17, 15) is 19.1 Å². The van der Waals surface area contributed by atoms with Gasteiger partial charge in [-0.25, -0.2) is 9.18 Å². The maximum absolute atomic E-state index is 14.8. The number of benzene rings is 3. The zero-order chi connectivity index (χ0) is 25.9. The summed E-state index contributed by atoms with van der Waals surface area (Å²) < 4.78 is 26.5. The van der Waals surface area contributed by atoms with E-state index in [0.717, 1.165) is 5.56 Å². The number of hydrogen-bond acceptors (Lipinski definition) is 4. The molecule has 188 valence electrons. The summed E-state index contributed by atoms with van der Waals surface area (Å²) in [6, 6.07) is 17.8. The van der Waals surface area contributed by atoms with Crippen molar-refractivity contribution in [3.8, 4) is 16.9 Å². The van der Waals surface area contributed by atoms with Crippen molar-refractivity contribution in [1.82, 2.24) is 4.90 Å². The molecule has 7 heteroatoms. The van der Waals surface area contributed by atoms with Crippen molar-refractivity contribution in [3.63, 3.8) is 0 Å². The molecular weight excluding hydrogens is 461 g/mol. The Labute approximate surface area is 210 Å². The average molecular weight is 492 g/mol. The highest BCUT2D eigenvalue weighted by Crippen LogP contribution is 2.39. The van der Waals surface area contributed by atoms with E-state index in [0.29, 0.717) is 46.5 Å². The Morgan fingerprint density at radius 2 is 1.72 bits per heavy atom. The Morgan fingerprint density at radius 3 is 2.42 bits per heavy atom. The van der Waals surface area contributed by atoms with Crippen LogP contribution in [0.3, 0.4) is 0 Å². The second-order valence-corrected chi connectivity index (χ2v) is 9.88. The molecule has 0 aliphatic carbocycles. The van der Waals surface area contributed by atoms with Crippen LogP contribution in [0.15, 0.2) is 60.7 Å². The van der Waals surface area contributed by atoms with Gasteiger partial charge in [0.15, 0.2) is 0 Å². The van der Waals surface area contributed by atoms with Crippen molar-refractivity contribution in [3.05, 3.63) is 88.7 Å². The van der Waals surface area contributed by atoms with E-state index in [1.165, 1.54) is 6.07 Å². The number of ether oxygens (including phenoxy) is 2. The summed E-state index contributed by atoms with van der Waals surface area (Å²) in [6.45, 7) is 6.44. The number of amides is 1. The van der Waals surface area contributed by atoms with Crippen LogP contribution in [0, 0.1) is 5.82 Å². The molecule has 0 unspecified atom stereocenters. The normalized spacial score (nSPS) is 13.2. The lowest BCUT2D eigenvalue weighted by Gasteiger charge is -2.31. The summed E-state index contributed by atoms with van der Waals surface area (Å²) in [5.74, 6) is -0.709. The van der Waals surface area contributed by atoms with Gasteiger partial charge in [0.2, 0.25) is 0 Å². The van der Waals surface area contributed by atoms with Gasteiger partial charge in [-0.15, -0.1) is 0 Å². The molecule has 1 aliphatic heterocycles. The van der Waals surface area contributed by atoms with Gasteiger partial charge in [-0.05, 0) is 73.2 Å². The number of carboxylic acids is 1. The van der Waals surface area contributed by atoms with Crippen molar-refractivity contribution >= 4 is 12.1 Å². The van der Waals surface area contributed by atoms with Gasteiger partial charge in [0, 0.05) is 18.7 Å². The van der Waals surface area contributed by atoms with E-state index in [2.05, 4.69) is 0 Å². The highest BCUT2D eigenvalue weighted by atomic mass is 19.1. The van der Waals surface area contributed by atoms with Gasteiger partial charge in [0.1, 0.15) is 23.8 Å². The highest BCUT2D eigenvalue weighted by molar-refractivity contribution is 5.78. The molecule has 4 rings (SSSR count). The zero-order valence-electron chi connectivity index (χ0n) is 20.7. The van der Waals surface area contributed by atoms with Crippen LogP contribution in [-0.4, -0.2) is 34.2 Å². The van der Waals surface area contributed by atoms with E-state index >= 15 is 0 Å². The Kier molecular flexibility index (Phi) is 7.29. The van der Waals surface area contributed by atoms with Crippen molar-refractivity contribution in [2.75, 3.05) is 6.54 Å². The molecule has 6 nitrogen and oxygen atoms in total. The number of fused-ring (bicyclic) bond motifs is 1. The minimum atomic E-state index is -0.945. The van der Waals surface area contributed by atoms with E-state index < -0.39 is 17.7 Å². The lowest BCUT2D eigenvalue weighted by molar-refractivity contribution is -0.136. The Balaban J connectivity index is 1.68. The van der Waals surface area contributed by atoms with Crippen LogP contribution in [0.25, 0.3) is 11.1 Å². The Hall–Kier alpha value is -3.87. The fourth-order valence-electron chi connectivity index (χ4n) is 4.34. The lowest BCUT2D eigenvalue weighted by Crippen LogP contribution is -2.37. The van der Waals surface area contributed by atoms with E-state index in [-0.39, 0.29) is 25.4 Å². The third-order valence-corrected chi connectivity index (χ3v) is 5.92. The maximum atomic E-state index is 14.8. The minimum absolute atomic E-state index is 0.149. The van der Waals surface area contributed by atoms with E-state index in [1.54, 1.807) is 29.2 Å². The molecule has 0 atom stereocenters. The molecule has 3 aromatic rings. The number of rotatable bonds is 6. The van der Waals surface area contributed by atoms with Crippen LogP contribution in [0.1, 0.15) is 43.0 Å². The Morgan fingerprint density at radius 1 is 0.972 bits per heavy atom. The standard InChI is InChI=1S/C29H30FNO5/c1-29(2,3)36-26-12-9-20(16-27(32)33)15-23(26)21-10-11-25(30)22-13-14-31(17-24(21)22)28(34)35-18-19-7-5-4-6-8-19/h4-12,15H,13-14,16-18H2,1-3H3,(H,32,33). The molecule has 36 heavy (non-hydrogen) atoms. The number of nitrogens with zero attached hydrogens (tertiary/aromatic N) is 1. The molecule has 0 radical (unpaired) electrons. The fourth-order valence-corrected chi connectivity index (χ4v) is 4.34. The average Bonchev–Trinajstić information content (AvgIpc) is 2.83. The molecule has 0 saturated heterocycles. The third kappa shape index (κ3) is 6.03. The second kappa shape index (κ2) is 10.4. The van der Waals surface area contributed by atoms with Gasteiger partial charge in [-0.2, -0.15) is 0 Å². The summed E-state index contributed by atoms with van der Waals surface area (Å²) in [7, 11) is 0. The van der Waals surface area contributed by atoms with Crippen LogP contribution in [0.4, 0.5) is 9.18 Å². The minimum Gasteiger partial charge on any atom is -0.488 e. The first-order chi connectivity index (χ1) is 17.1. The maximum Gasteiger partial charge on any atom is 0.410 e. The van der Waals surface area contributed by atoms with Gasteiger partial charge in [0.25, 0.3) is 0 Å². The van der Waals surface area contributed by atoms with Gasteiger partial charge >= 0.3 is 12.1 Å². The second-order valence-electron chi connectivity index (χ2n) is 9.88. The topological polar surface area (TPSA) is 76.1 Å². The van der Waals surface area contributed by atoms with Gasteiger partial charge in [-0.1, -0.05) is 42.5 Å². The molecule has 0 aromatic heterocycles. The number of carboxylic acid groups (broad SMARTS) is 1. The smallest absolute Gasteiger partial charge is 0.410 e. The van der Waals surface area contributed by atoms with Crippen LogP contribution in [0.2, 0.25) is 0 Å². The number of aliphatic carboxylic acids is 1. The number of halogens is 1. The van der Waals surface area contributed by atoms with Crippen molar-refractivity contribution in [1.29, 1.82) is 0 Å². The first kappa shape index (κ1) is 25.2. The highest BCUT2D eigenvalue weighted by Gasteiger charge is 2.28. The van der Waals surface area contributed by atoms with Crippen molar-refractivity contribution in [2.45, 2.75) is 52.4 Å². The summed E-state index contributed by atoms with van der Waals surface area (Å²) in [5, 5.41) is 9.30. The molecule has 1 N–H and O–H groups in total. The summed E-state index contributed by atoms with van der Waals surface area (Å²) in [5.41, 5.74) is 3.57. The molecule has 0 spiro atoms. The number of carbonyl (C=O) groups is 2. The predicted molar refractivity (Wildman–Crippen MR) is 134 cm³/mol. The molecular formula is C29H30FNO5. The van der Waals surface area contributed by atoms with Crippen LogP contribution in [-0.2, 0) is 35.5 Å². The first-order valence-electron chi connectivity index (χ1n) is 11.9. The Bertz CT molecular complexity index is 1270. The SMILES string of the molecule is CC(C)(C)Oc1ccc(CC(=O)O)cc1-c1ccc(F)c2c1CN(C(=O)OCc1ccccc1)CC2. The summed E-state index contributed by atoms with van der Waals surface area (Å²) in [6.07, 6.45) is -0.269.